The van der Waals surface area contributed by atoms with Crippen LogP contribution in [0.4, 0.5) is 0 Å². The van der Waals surface area contributed by atoms with E-state index in [1.165, 1.54) is 0 Å². The maximum atomic E-state index is 9.90. The van der Waals surface area contributed by atoms with Crippen molar-refractivity contribution >= 4 is 11.6 Å². The molecule has 2 N–H and O–H groups in total. The Morgan fingerprint density at radius 3 is 2.95 bits per heavy atom. The van der Waals surface area contributed by atoms with E-state index in [0.717, 1.165) is 0 Å². The zero-order valence-corrected chi connectivity index (χ0v) is 11.8. The largest absolute Gasteiger partial charge is 0.390 e. The van der Waals surface area contributed by atoms with E-state index in [2.05, 4.69) is 5.92 Å². The minimum Gasteiger partial charge on any atom is -0.390 e. The van der Waals surface area contributed by atoms with Crippen LogP contribution in [-0.4, -0.2) is 40.0 Å². The molecule has 4 heteroatoms. The Balaban J connectivity index is 2.48. The second-order valence-corrected chi connectivity index (χ2v) is 5.18. The molecular formula is C15H21ClO3. The molecule has 0 aromatic rings. The number of aliphatic hydroxyl groups is 2. The molecule has 0 bridgehead atoms. The van der Waals surface area contributed by atoms with E-state index < -0.39 is 18.3 Å². The average molecular weight is 285 g/mol. The van der Waals surface area contributed by atoms with Crippen molar-refractivity contribution in [2.24, 2.45) is 0 Å². The lowest BCUT2D eigenvalue weighted by molar-refractivity contribution is 0.0380. The predicted molar refractivity (Wildman–Crippen MR) is 77.0 cm³/mol. The van der Waals surface area contributed by atoms with Crippen LogP contribution in [0.15, 0.2) is 24.3 Å². The molecule has 1 aliphatic rings. The number of alkyl halides is 1. The molecule has 1 aliphatic heterocycles. The van der Waals surface area contributed by atoms with E-state index in [-0.39, 0.29) is 11.5 Å². The van der Waals surface area contributed by atoms with Crippen LogP contribution >= 0.6 is 11.6 Å². The van der Waals surface area contributed by atoms with Gasteiger partial charge >= 0.3 is 0 Å². The summed E-state index contributed by atoms with van der Waals surface area (Å²) in [5, 5.41) is 19.1. The van der Waals surface area contributed by atoms with Gasteiger partial charge in [0.2, 0.25) is 0 Å². The van der Waals surface area contributed by atoms with Gasteiger partial charge in [-0.25, -0.2) is 0 Å². The Morgan fingerprint density at radius 2 is 2.32 bits per heavy atom. The molecule has 0 spiro atoms. The van der Waals surface area contributed by atoms with Gasteiger partial charge in [0.25, 0.3) is 0 Å². The van der Waals surface area contributed by atoms with Crippen molar-refractivity contribution in [3.05, 3.63) is 24.3 Å². The summed E-state index contributed by atoms with van der Waals surface area (Å²) in [5.41, 5.74) is 0. The number of hydrogen-bond donors (Lipinski definition) is 2. The first-order chi connectivity index (χ1) is 9.08. The molecule has 1 fully saturated rings. The molecule has 0 amide bonds. The van der Waals surface area contributed by atoms with Crippen molar-refractivity contribution in [1.82, 2.24) is 0 Å². The first kappa shape index (κ1) is 16.3. The number of allylic oxidation sites excluding steroid dienone is 2. The first-order valence-electron chi connectivity index (χ1n) is 6.53. The summed E-state index contributed by atoms with van der Waals surface area (Å²) in [6, 6.07) is 0. The molecule has 0 saturated carbocycles. The standard InChI is InChI=1S/C15H21ClO3/c1-3-5-6-7-12(16)15-10-13(18)14(19-15)9-8-11(17)4-2/h1,5-6,8-9,11-15,17-18H,4,7,10H2,2H3/b6-5-,9-8-/t11?,12?,13-,14+,15-/m0/s1. The van der Waals surface area contributed by atoms with Gasteiger partial charge in [0.1, 0.15) is 6.10 Å². The summed E-state index contributed by atoms with van der Waals surface area (Å²) in [4.78, 5) is 0. The highest BCUT2D eigenvalue weighted by atomic mass is 35.5. The van der Waals surface area contributed by atoms with Crippen LogP contribution in [0.5, 0.6) is 0 Å². The second kappa shape index (κ2) is 8.39. The quantitative estimate of drug-likeness (QED) is 0.446. The fourth-order valence-corrected chi connectivity index (χ4v) is 2.18. The highest BCUT2D eigenvalue weighted by Crippen LogP contribution is 2.28. The summed E-state index contributed by atoms with van der Waals surface area (Å²) < 4.78 is 5.70. The molecular weight excluding hydrogens is 264 g/mol. The Morgan fingerprint density at radius 1 is 1.58 bits per heavy atom. The minimum absolute atomic E-state index is 0.201. The number of terminal acetylenes is 1. The van der Waals surface area contributed by atoms with Gasteiger partial charge in [-0.2, -0.15) is 0 Å². The van der Waals surface area contributed by atoms with Gasteiger partial charge < -0.3 is 14.9 Å². The third-order valence-corrected chi connectivity index (χ3v) is 3.56. The van der Waals surface area contributed by atoms with Crippen molar-refractivity contribution in [3.63, 3.8) is 0 Å². The third kappa shape index (κ3) is 5.38. The average Bonchev–Trinajstić information content (AvgIpc) is 2.77. The molecule has 3 nitrogen and oxygen atoms in total. The molecule has 2 unspecified atom stereocenters. The smallest absolute Gasteiger partial charge is 0.102 e. The van der Waals surface area contributed by atoms with Crippen LogP contribution in [0, 0.1) is 12.3 Å². The van der Waals surface area contributed by atoms with Crippen LogP contribution in [0.1, 0.15) is 26.2 Å². The summed E-state index contributed by atoms with van der Waals surface area (Å²) in [7, 11) is 0. The highest BCUT2D eigenvalue weighted by molar-refractivity contribution is 6.21. The maximum absolute atomic E-state index is 9.90. The molecule has 0 aromatic heterocycles. The zero-order valence-electron chi connectivity index (χ0n) is 11.1. The van der Waals surface area contributed by atoms with Crippen molar-refractivity contribution in [2.75, 3.05) is 0 Å². The minimum atomic E-state index is -0.580. The van der Waals surface area contributed by atoms with E-state index in [1.807, 2.05) is 13.0 Å². The van der Waals surface area contributed by atoms with Crippen LogP contribution in [0.3, 0.4) is 0 Å². The summed E-state index contributed by atoms with van der Waals surface area (Å²) in [6.07, 6.45) is 12.0. The lowest BCUT2D eigenvalue weighted by Gasteiger charge is -2.15. The molecule has 1 saturated heterocycles. The molecule has 0 radical (unpaired) electrons. The van der Waals surface area contributed by atoms with Crippen molar-refractivity contribution in [2.45, 2.75) is 56.0 Å². The summed E-state index contributed by atoms with van der Waals surface area (Å²) >= 11 is 6.21. The Labute approximate surface area is 119 Å². The van der Waals surface area contributed by atoms with Gasteiger partial charge in [0, 0.05) is 6.42 Å². The van der Waals surface area contributed by atoms with E-state index in [4.69, 9.17) is 22.8 Å². The van der Waals surface area contributed by atoms with Crippen LogP contribution in [0.2, 0.25) is 0 Å². The van der Waals surface area contributed by atoms with Gasteiger partial charge in [-0.3, -0.25) is 0 Å². The molecule has 1 heterocycles. The predicted octanol–water partition coefficient (Wildman–Crippen LogP) is 2.02. The Kier molecular flexibility index (Phi) is 7.19. The molecule has 19 heavy (non-hydrogen) atoms. The van der Waals surface area contributed by atoms with Crippen molar-refractivity contribution in [3.8, 4) is 12.3 Å². The van der Waals surface area contributed by atoms with Gasteiger partial charge in [-0.05, 0) is 18.9 Å². The number of rotatable bonds is 6. The number of halogens is 1. The van der Waals surface area contributed by atoms with E-state index in [1.54, 1.807) is 18.2 Å². The lowest BCUT2D eigenvalue weighted by atomic mass is 10.1. The van der Waals surface area contributed by atoms with Gasteiger partial charge in [0.05, 0.1) is 23.7 Å². The second-order valence-electron chi connectivity index (χ2n) is 4.62. The zero-order chi connectivity index (χ0) is 14.3. The summed E-state index contributed by atoms with van der Waals surface area (Å²) in [5.74, 6) is 2.40. The third-order valence-electron chi connectivity index (χ3n) is 3.10. The van der Waals surface area contributed by atoms with Gasteiger partial charge in [0.15, 0.2) is 0 Å². The maximum Gasteiger partial charge on any atom is 0.102 e. The topological polar surface area (TPSA) is 49.7 Å². The lowest BCUT2D eigenvalue weighted by Crippen LogP contribution is -2.21. The molecule has 0 aromatic carbocycles. The molecule has 0 aliphatic carbocycles. The van der Waals surface area contributed by atoms with Crippen molar-refractivity contribution < 1.29 is 14.9 Å². The molecule has 1 rings (SSSR count). The monoisotopic (exact) mass is 284 g/mol. The molecule has 106 valence electrons. The fourth-order valence-electron chi connectivity index (χ4n) is 1.92. The van der Waals surface area contributed by atoms with Crippen molar-refractivity contribution in [1.29, 1.82) is 0 Å². The number of aliphatic hydroxyl groups excluding tert-OH is 2. The summed E-state index contributed by atoms with van der Waals surface area (Å²) in [6.45, 7) is 1.89. The Bertz CT molecular complexity index is 359. The van der Waals surface area contributed by atoms with Crippen LogP contribution < -0.4 is 0 Å². The van der Waals surface area contributed by atoms with E-state index >= 15 is 0 Å². The Hall–Kier alpha value is -0.790. The van der Waals surface area contributed by atoms with E-state index in [9.17, 15) is 10.2 Å². The van der Waals surface area contributed by atoms with Gasteiger partial charge in [-0.15, -0.1) is 18.0 Å². The SMILES string of the molecule is C#C/C=C\CC(Cl)[C@@H]1C[C@H](O)[C@@H](/C=C\C(O)CC)O1. The fraction of sp³-hybridized carbons (Fsp3) is 0.600. The van der Waals surface area contributed by atoms with Crippen LogP contribution in [0.25, 0.3) is 0 Å². The number of hydrogen-bond acceptors (Lipinski definition) is 3. The highest BCUT2D eigenvalue weighted by Gasteiger charge is 2.35. The molecule has 5 atom stereocenters. The van der Waals surface area contributed by atoms with E-state index in [0.29, 0.717) is 19.3 Å². The number of ether oxygens (including phenoxy) is 1. The first-order valence-corrected chi connectivity index (χ1v) is 6.97. The normalized spacial score (nSPS) is 30.8. The van der Waals surface area contributed by atoms with Gasteiger partial charge in [-0.1, -0.05) is 31.1 Å². The van der Waals surface area contributed by atoms with Crippen LogP contribution in [-0.2, 0) is 4.74 Å².